The van der Waals surface area contributed by atoms with E-state index in [0.717, 1.165) is 18.4 Å². The Morgan fingerprint density at radius 2 is 1.56 bits per heavy atom. The Balaban J connectivity index is 0.000000277. The van der Waals surface area contributed by atoms with Gasteiger partial charge in [-0.15, -0.1) is 0 Å². The molecule has 1 amide bonds. The second kappa shape index (κ2) is 13.1. The second-order valence-corrected chi connectivity index (χ2v) is 11.8. The lowest BCUT2D eigenvalue weighted by atomic mass is 9.90. The SMILES string of the molecule is CO[C@H](C)c1cc(C(F)(F)F)cc(C(F)(F)F)c1.CS(=O)(=O)C[C@H]1CC[C@@H](c2ccccc2)N(CC(N)=O)C1. The summed E-state index contributed by atoms with van der Waals surface area (Å²) in [6.45, 7) is 2.13. The van der Waals surface area contributed by atoms with Crippen LogP contribution in [0.25, 0.3) is 0 Å². The Labute approximate surface area is 224 Å². The number of carbonyl (C=O) groups excluding carboxylic acids is 1. The van der Waals surface area contributed by atoms with E-state index < -0.39 is 39.4 Å². The van der Waals surface area contributed by atoms with Gasteiger partial charge in [-0.25, -0.2) is 8.42 Å². The molecule has 0 radical (unpaired) electrons. The Hall–Kier alpha value is -2.64. The fourth-order valence-corrected chi connectivity index (χ4v) is 5.60. The van der Waals surface area contributed by atoms with E-state index in [1.165, 1.54) is 20.3 Å². The van der Waals surface area contributed by atoms with E-state index in [0.29, 0.717) is 18.7 Å². The summed E-state index contributed by atoms with van der Waals surface area (Å²) >= 11 is 0. The number of amides is 1. The highest BCUT2D eigenvalue weighted by Crippen LogP contribution is 2.38. The third kappa shape index (κ3) is 10.5. The first-order chi connectivity index (χ1) is 17.9. The highest BCUT2D eigenvalue weighted by atomic mass is 32.2. The minimum Gasteiger partial charge on any atom is -0.377 e. The van der Waals surface area contributed by atoms with Crippen molar-refractivity contribution < 1.29 is 44.3 Å². The molecule has 0 spiro atoms. The van der Waals surface area contributed by atoms with Crippen molar-refractivity contribution in [2.24, 2.45) is 11.7 Å². The van der Waals surface area contributed by atoms with Crippen LogP contribution in [0.2, 0.25) is 0 Å². The van der Waals surface area contributed by atoms with Gasteiger partial charge in [0, 0.05) is 26.0 Å². The number of methoxy groups -OCH3 is 1. The number of carbonyl (C=O) groups is 1. The molecule has 2 aromatic rings. The van der Waals surface area contributed by atoms with Crippen LogP contribution in [0, 0.1) is 5.92 Å². The molecular weight excluding hydrogens is 550 g/mol. The Morgan fingerprint density at radius 1 is 1.03 bits per heavy atom. The highest BCUT2D eigenvalue weighted by molar-refractivity contribution is 7.90. The van der Waals surface area contributed by atoms with Crippen LogP contribution in [0.5, 0.6) is 0 Å². The Morgan fingerprint density at radius 3 is 2.00 bits per heavy atom. The fourth-order valence-electron chi connectivity index (χ4n) is 4.47. The van der Waals surface area contributed by atoms with Crippen molar-refractivity contribution in [3.8, 4) is 0 Å². The summed E-state index contributed by atoms with van der Waals surface area (Å²) in [4.78, 5) is 13.3. The fraction of sp³-hybridized carbons (Fsp3) is 0.500. The van der Waals surface area contributed by atoms with Gasteiger partial charge in [-0.2, -0.15) is 26.3 Å². The molecule has 1 aliphatic heterocycles. The van der Waals surface area contributed by atoms with Crippen molar-refractivity contribution >= 4 is 15.7 Å². The number of likely N-dealkylation sites (tertiary alicyclic amines) is 1. The average molecular weight is 583 g/mol. The van der Waals surface area contributed by atoms with E-state index in [2.05, 4.69) is 0 Å². The molecule has 218 valence electrons. The molecule has 1 heterocycles. The van der Waals surface area contributed by atoms with Crippen molar-refractivity contribution in [3.63, 3.8) is 0 Å². The summed E-state index contributed by atoms with van der Waals surface area (Å²) in [5.41, 5.74) is 3.65. The number of nitrogens with zero attached hydrogens (tertiary/aromatic N) is 1. The lowest BCUT2D eigenvalue weighted by molar-refractivity contribution is -0.143. The van der Waals surface area contributed by atoms with Crippen LogP contribution in [-0.2, 0) is 31.7 Å². The van der Waals surface area contributed by atoms with Crippen LogP contribution in [0.1, 0.15) is 54.2 Å². The molecule has 39 heavy (non-hydrogen) atoms. The topological polar surface area (TPSA) is 89.7 Å². The summed E-state index contributed by atoms with van der Waals surface area (Å²) in [6, 6.07) is 11.5. The lowest BCUT2D eigenvalue weighted by Crippen LogP contribution is -2.44. The van der Waals surface area contributed by atoms with Gasteiger partial charge in [0.15, 0.2) is 0 Å². The van der Waals surface area contributed by atoms with Gasteiger partial charge in [0.25, 0.3) is 0 Å². The van der Waals surface area contributed by atoms with Crippen molar-refractivity contribution in [2.75, 3.05) is 32.2 Å². The molecular formula is C26H32F6N2O4S. The van der Waals surface area contributed by atoms with E-state index in [-0.39, 0.29) is 41.8 Å². The summed E-state index contributed by atoms with van der Waals surface area (Å²) in [6.07, 6.45) is -7.56. The number of rotatable bonds is 7. The quantitative estimate of drug-likeness (QED) is 0.442. The first-order valence-corrected chi connectivity index (χ1v) is 14.0. The van der Waals surface area contributed by atoms with E-state index >= 15 is 0 Å². The molecule has 6 nitrogen and oxygen atoms in total. The number of primary amides is 1. The molecule has 1 saturated heterocycles. The van der Waals surface area contributed by atoms with Crippen molar-refractivity contribution in [3.05, 3.63) is 70.8 Å². The minimum atomic E-state index is -4.83. The maximum Gasteiger partial charge on any atom is 0.416 e. The van der Waals surface area contributed by atoms with Crippen LogP contribution < -0.4 is 5.73 Å². The molecule has 0 aliphatic carbocycles. The molecule has 1 aliphatic rings. The largest absolute Gasteiger partial charge is 0.416 e. The molecule has 13 heteroatoms. The molecule has 0 saturated carbocycles. The van der Waals surface area contributed by atoms with Crippen LogP contribution in [0.15, 0.2) is 48.5 Å². The summed E-state index contributed by atoms with van der Waals surface area (Å²) < 4.78 is 103. The first kappa shape index (κ1) is 32.6. The van der Waals surface area contributed by atoms with Crippen LogP contribution >= 0.6 is 0 Å². The molecule has 2 aromatic carbocycles. The van der Waals surface area contributed by atoms with Gasteiger partial charge >= 0.3 is 12.4 Å². The summed E-state index contributed by atoms with van der Waals surface area (Å²) in [7, 11) is -1.79. The standard InChI is InChI=1S/C15H22N2O3S.C11H10F6O/c1-21(19,20)11-12-7-8-14(13-5-3-2-4-6-13)17(9-12)10-15(16)18;1-6(18-2)7-3-8(10(12,13)14)5-9(4-7)11(15,16)17/h2-6,12,14H,7-11H2,1H3,(H2,16,18);3-6H,1-2H3/t12-,14-;6-/m01/s1. The third-order valence-corrected chi connectivity index (χ3v) is 7.37. The van der Waals surface area contributed by atoms with Crippen LogP contribution in [0.4, 0.5) is 26.3 Å². The zero-order valence-corrected chi connectivity index (χ0v) is 22.5. The van der Waals surface area contributed by atoms with Crippen molar-refractivity contribution in [1.29, 1.82) is 0 Å². The van der Waals surface area contributed by atoms with E-state index in [1.807, 2.05) is 35.2 Å². The van der Waals surface area contributed by atoms with Gasteiger partial charge in [-0.1, -0.05) is 30.3 Å². The number of piperidine rings is 1. The van der Waals surface area contributed by atoms with E-state index in [4.69, 9.17) is 10.5 Å². The van der Waals surface area contributed by atoms with Crippen molar-refractivity contribution in [2.45, 2.75) is 44.3 Å². The number of hydrogen-bond acceptors (Lipinski definition) is 5. The zero-order valence-electron chi connectivity index (χ0n) is 21.7. The average Bonchev–Trinajstić information content (AvgIpc) is 2.82. The Bertz CT molecular complexity index is 1170. The molecule has 0 bridgehead atoms. The van der Waals surface area contributed by atoms with E-state index in [9.17, 15) is 39.6 Å². The molecule has 0 unspecified atom stereocenters. The zero-order chi connectivity index (χ0) is 29.6. The smallest absolute Gasteiger partial charge is 0.377 e. The molecule has 3 atom stereocenters. The number of benzene rings is 2. The van der Waals surface area contributed by atoms with Gasteiger partial charge in [0.05, 0.1) is 29.5 Å². The van der Waals surface area contributed by atoms with Gasteiger partial charge in [0.1, 0.15) is 9.84 Å². The number of sulfone groups is 1. The van der Waals surface area contributed by atoms with E-state index in [1.54, 1.807) is 0 Å². The number of nitrogens with two attached hydrogens (primary N) is 1. The van der Waals surface area contributed by atoms with Gasteiger partial charge < -0.3 is 10.5 Å². The summed E-state index contributed by atoms with van der Waals surface area (Å²) in [5.74, 6) is -0.140. The monoisotopic (exact) mass is 582 g/mol. The summed E-state index contributed by atoms with van der Waals surface area (Å²) in [5, 5.41) is 0. The van der Waals surface area contributed by atoms with Gasteiger partial charge in [0.2, 0.25) is 5.91 Å². The van der Waals surface area contributed by atoms with Gasteiger partial charge in [-0.3, -0.25) is 9.69 Å². The predicted molar refractivity (Wildman–Crippen MR) is 134 cm³/mol. The molecule has 2 N–H and O–H groups in total. The van der Waals surface area contributed by atoms with Crippen LogP contribution in [0.3, 0.4) is 0 Å². The Kier molecular flexibility index (Phi) is 11.0. The third-order valence-electron chi connectivity index (χ3n) is 6.30. The lowest BCUT2D eigenvalue weighted by Gasteiger charge is -2.39. The van der Waals surface area contributed by atoms with Crippen molar-refractivity contribution in [1.82, 2.24) is 4.90 Å². The maximum atomic E-state index is 12.5. The minimum absolute atomic E-state index is 0.0688. The number of ether oxygens (including phenoxy) is 1. The molecule has 0 aromatic heterocycles. The number of hydrogen-bond donors (Lipinski definition) is 1. The molecule has 3 rings (SSSR count). The normalized spacial score (nSPS) is 19.6. The van der Waals surface area contributed by atoms with Crippen LogP contribution in [-0.4, -0.2) is 51.4 Å². The maximum absolute atomic E-state index is 12.5. The first-order valence-electron chi connectivity index (χ1n) is 12.0. The highest BCUT2D eigenvalue weighted by Gasteiger charge is 2.37. The number of alkyl halides is 6. The predicted octanol–water partition coefficient (Wildman–Crippen LogP) is 5.40. The number of halogens is 6. The second-order valence-electron chi connectivity index (χ2n) is 9.58. The van der Waals surface area contributed by atoms with Gasteiger partial charge in [-0.05, 0) is 55.0 Å². The molecule has 1 fully saturated rings.